The van der Waals surface area contributed by atoms with Crippen molar-refractivity contribution in [3.8, 4) is 0 Å². The second-order valence-corrected chi connectivity index (χ2v) is 9.87. The Labute approximate surface area is 183 Å². The Morgan fingerprint density at radius 2 is 1.84 bits per heavy atom. The third kappa shape index (κ3) is 3.54. The van der Waals surface area contributed by atoms with Crippen LogP contribution in [0, 0.1) is 18.8 Å². The van der Waals surface area contributed by atoms with Crippen LogP contribution >= 0.6 is 0 Å². The van der Waals surface area contributed by atoms with Crippen LogP contribution < -0.4 is 0 Å². The van der Waals surface area contributed by atoms with Crippen LogP contribution in [0.3, 0.4) is 0 Å². The van der Waals surface area contributed by atoms with Crippen LogP contribution in [0.4, 0.5) is 0 Å². The molecule has 0 unspecified atom stereocenters. The molecule has 7 heteroatoms. The van der Waals surface area contributed by atoms with E-state index in [9.17, 15) is 9.59 Å². The number of aromatic nitrogens is 3. The Morgan fingerprint density at radius 3 is 2.45 bits per heavy atom. The first-order valence-electron chi connectivity index (χ1n) is 11.4. The van der Waals surface area contributed by atoms with Crippen LogP contribution in [0.25, 0.3) is 0 Å². The first kappa shape index (κ1) is 20.2. The van der Waals surface area contributed by atoms with Gasteiger partial charge in [0.1, 0.15) is 5.82 Å². The molecule has 2 atom stereocenters. The van der Waals surface area contributed by atoms with Crippen molar-refractivity contribution in [1.29, 1.82) is 0 Å². The fourth-order valence-corrected chi connectivity index (χ4v) is 5.25. The summed E-state index contributed by atoms with van der Waals surface area (Å²) in [5.41, 5.74) is 1.70. The highest BCUT2D eigenvalue weighted by Crippen LogP contribution is 2.45. The average Bonchev–Trinajstić information content (AvgIpc) is 3.41. The molecule has 1 aromatic carbocycles. The summed E-state index contributed by atoms with van der Waals surface area (Å²) < 4.78 is 0. The number of nitrogens with zero attached hydrogens (tertiary/aromatic N) is 4. The van der Waals surface area contributed by atoms with Crippen molar-refractivity contribution in [1.82, 2.24) is 25.0 Å². The molecule has 1 aromatic heterocycles. The van der Waals surface area contributed by atoms with Gasteiger partial charge in [0.2, 0.25) is 5.91 Å². The number of hydrogen-bond acceptors (Lipinski definition) is 4. The van der Waals surface area contributed by atoms with Gasteiger partial charge in [-0.1, -0.05) is 26.0 Å². The third-order valence-corrected chi connectivity index (χ3v) is 7.36. The molecule has 0 radical (unpaired) electrons. The number of carbonyl (C=O) groups is 2. The summed E-state index contributed by atoms with van der Waals surface area (Å²) in [4.78, 5) is 34.7. The zero-order chi connectivity index (χ0) is 21.8. The minimum atomic E-state index is -0.270. The summed E-state index contributed by atoms with van der Waals surface area (Å²) in [7, 11) is 0. The maximum absolute atomic E-state index is 13.3. The predicted octanol–water partition coefficient (Wildman–Crippen LogP) is 2.89. The number of fused-ring (bicyclic) bond motifs is 1. The van der Waals surface area contributed by atoms with Crippen molar-refractivity contribution in [2.45, 2.75) is 51.4 Å². The Kier molecular flexibility index (Phi) is 4.87. The first-order chi connectivity index (χ1) is 14.9. The second kappa shape index (κ2) is 7.46. The monoisotopic (exact) mass is 421 g/mol. The topological polar surface area (TPSA) is 82.2 Å². The molecule has 1 N–H and O–H groups in total. The quantitative estimate of drug-likeness (QED) is 0.823. The summed E-state index contributed by atoms with van der Waals surface area (Å²) in [6, 6.07) is 7.98. The SMILES string of the molecule is Cc1nc([C@@]23CCN(C(=O)c4ccc(C(C)C)cc4)C[C@@H]2CN(C(=O)C2CC2)C3)n[nH]1. The van der Waals surface area contributed by atoms with Crippen LogP contribution in [0.1, 0.15) is 66.6 Å². The van der Waals surface area contributed by atoms with Gasteiger partial charge in [0.05, 0.1) is 5.41 Å². The third-order valence-electron chi connectivity index (χ3n) is 7.36. The van der Waals surface area contributed by atoms with Crippen molar-refractivity contribution in [3.63, 3.8) is 0 Å². The molecule has 0 bridgehead atoms. The Balaban J connectivity index is 1.38. The molecule has 5 rings (SSSR count). The summed E-state index contributed by atoms with van der Waals surface area (Å²) in [6.45, 7) is 8.84. The number of hydrogen-bond donors (Lipinski definition) is 1. The normalized spacial score (nSPS) is 25.7. The maximum atomic E-state index is 13.3. The van der Waals surface area contributed by atoms with E-state index in [1.54, 1.807) is 0 Å². The number of H-pyrrole nitrogens is 1. The van der Waals surface area contributed by atoms with Gasteiger partial charge in [0.25, 0.3) is 5.91 Å². The summed E-state index contributed by atoms with van der Waals surface area (Å²) in [6.07, 6.45) is 2.78. The lowest BCUT2D eigenvalue weighted by Crippen LogP contribution is -2.51. The zero-order valence-electron chi connectivity index (χ0n) is 18.6. The lowest BCUT2D eigenvalue weighted by molar-refractivity contribution is -0.131. The molecule has 0 spiro atoms. The van der Waals surface area contributed by atoms with E-state index in [2.05, 4.69) is 29.0 Å². The van der Waals surface area contributed by atoms with Crippen LogP contribution in [0.2, 0.25) is 0 Å². The molecule has 1 aliphatic carbocycles. The number of nitrogens with one attached hydrogen (secondary N) is 1. The molecule has 164 valence electrons. The minimum Gasteiger partial charge on any atom is -0.341 e. The van der Waals surface area contributed by atoms with Crippen molar-refractivity contribution in [2.75, 3.05) is 26.2 Å². The molecule has 7 nitrogen and oxygen atoms in total. The van der Waals surface area contributed by atoms with E-state index >= 15 is 0 Å². The molecule has 3 aliphatic rings. The first-order valence-corrected chi connectivity index (χ1v) is 11.4. The number of aryl methyl sites for hydroxylation is 1. The molecule has 2 saturated heterocycles. The van der Waals surface area contributed by atoms with Crippen molar-refractivity contribution >= 4 is 11.8 Å². The van der Waals surface area contributed by atoms with E-state index in [1.807, 2.05) is 41.0 Å². The highest BCUT2D eigenvalue weighted by atomic mass is 16.2. The van der Waals surface area contributed by atoms with Gasteiger partial charge in [-0.3, -0.25) is 14.7 Å². The number of aromatic amines is 1. The molecule has 31 heavy (non-hydrogen) atoms. The summed E-state index contributed by atoms with van der Waals surface area (Å²) in [5.74, 6) is 2.72. The van der Waals surface area contributed by atoms with E-state index in [-0.39, 0.29) is 29.1 Å². The van der Waals surface area contributed by atoms with Gasteiger partial charge >= 0.3 is 0 Å². The number of carbonyl (C=O) groups excluding carboxylic acids is 2. The number of benzene rings is 1. The average molecular weight is 422 g/mol. The Hall–Kier alpha value is -2.70. The molecule has 3 fully saturated rings. The van der Waals surface area contributed by atoms with Gasteiger partial charge in [0.15, 0.2) is 5.82 Å². The molecule has 2 amide bonds. The number of amides is 2. The van der Waals surface area contributed by atoms with Gasteiger partial charge in [-0.15, -0.1) is 0 Å². The Morgan fingerprint density at radius 1 is 1.13 bits per heavy atom. The van der Waals surface area contributed by atoms with Crippen molar-refractivity contribution in [2.24, 2.45) is 11.8 Å². The molecular weight excluding hydrogens is 390 g/mol. The van der Waals surface area contributed by atoms with Crippen LogP contribution in [-0.2, 0) is 10.2 Å². The van der Waals surface area contributed by atoms with Crippen LogP contribution in [0.5, 0.6) is 0 Å². The maximum Gasteiger partial charge on any atom is 0.253 e. The molecular formula is C24H31N5O2. The highest BCUT2D eigenvalue weighted by molar-refractivity contribution is 5.94. The Bertz CT molecular complexity index is 994. The van der Waals surface area contributed by atoms with Gasteiger partial charge < -0.3 is 9.80 Å². The van der Waals surface area contributed by atoms with E-state index in [1.165, 1.54) is 5.56 Å². The van der Waals surface area contributed by atoms with Gasteiger partial charge in [-0.05, 0) is 49.8 Å². The molecule has 1 saturated carbocycles. The molecule has 2 aliphatic heterocycles. The van der Waals surface area contributed by atoms with E-state index < -0.39 is 0 Å². The van der Waals surface area contributed by atoms with Crippen molar-refractivity contribution in [3.05, 3.63) is 47.0 Å². The largest absolute Gasteiger partial charge is 0.341 e. The molecule has 3 heterocycles. The van der Waals surface area contributed by atoms with Gasteiger partial charge in [0, 0.05) is 43.6 Å². The van der Waals surface area contributed by atoms with Gasteiger partial charge in [-0.25, -0.2) is 4.98 Å². The van der Waals surface area contributed by atoms with Crippen LogP contribution in [0.15, 0.2) is 24.3 Å². The number of rotatable bonds is 4. The smallest absolute Gasteiger partial charge is 0.253 e. The van der Waals surface area contributed by atoms with E-state index in [4.69, 9.17) is 0 Å². The summed E-state index contributed by atoms with van der Waals surface area (Å²) in [5, 5.41) is 7.49. The fourth-order valence-electron chi connectivity index (χ4n) is 5.25. The highest BCUT2D eigenvalue weighted by Gasteiger charge is 2.55. The lowest BCUT2D eigenvalue weighted by Gasteiger charge is -2.41. The summed E-state index contributed by atoms with van der Waals surface area (Å²) >= 11 is 0. The standard InChI is InChI=1S/C24H31N5O2/c1-15(2)17-4-6-18(7-5-17)21(30)28-11-10-24(23-25-16(3)26-27-23)14-29(13-20(24)12-28)22(31)19-8-9-19/h4-7,15,19-20H,8-14H2,1-3H3,(H,25,26,27)/t20-,24-/m1/s1. The van der Waals surface area contributed by atoms with Gasteiger partial charge in [-0.2, -0.15) is 5.10 Å². The zero-order valence-corrected chi connectivity index (χ0v) is 18.6. The van der Waals surface area contributed by atoms with E-state index in [0.29, 0.717) is 32.1 Å². The lowest BCUT2D eigenvalue weighted by atomic mass is 9.71. The van der Waals surface area contributed by atoms with Crippen LogP contribution in [-0.4, -0.2) is 63.0 Å². The van der Waals surface area contributed by atoms with Crippen molar-refractivity contribution < 1.29 is 9.59 Å². The fraction of sp³-hybridized carbons (Fsp3) is 0.583. The van der Waals surface area contributed by atoms with E-state index in [0.717, 1.165) is 36.5 Å². The second-order valence-electron chi connectivity index (χ2n) is 9.87. The predicted molar refractivity (Wildman–Crippen MR) is 117 cm³/mol. The number of piperidine rings is 1. The number of likely N-dealkylation sites (tertiary alicyclic amines) is 2. The molecule has 2 aromatic rings. The minimum absolute atomic E-state index is 0.0713.